The van der Waals surface area contributed by atoms with E-state index in [0.717, 1.165) is 23.9 Å². The van der Waals surface area contributed by atoms with Crippen LogP contribution in [0, 0.1) is 44.9 Å². The predicted octanol–water partition coefficient (Wildman–Crippen LogP) is -2.55. The highest BCUT2D eigenvalue weighted by atomic mass is 16.4. The zero-order valence-corrected chi connectivity index (χ0v) is 38.7. The Morgan fingerprint density at radius 1 is 0.265 bits per heavy atom. The van der Waals surface area contributed by atoms with E-state index in [2.05, 4.69) is 39.9 Å². The summed E-state index contributed by atoms with van der Waals surface area (Å²) in [7, 11) is 8.26. The van der Waals surface area contributed by atoms with Crippen LogP contribution < -0.4 is 0 Å². The molecule has 0 atom stereocenters. The third-order valence-electron chi connectivity index (χ3n) is 5.56. The van der Waals surface area contributed by atoms with Crippen molar-refractivity contribution in [3.63, 3.8) is 0 Å². The normalized spacial score (nSPS) is 7.94. The smallest absolute Gasteiger partial charge is 0.415 e. The zero-order valence-electron chi connectivity index (χ0n) is 38.7. The molecule has 8 aromatic rings. The van der Waals surface area contributed by atoms with Gasteiger partial charge in [-0.05, 0) is 0 Å². The van der Waals surface area contributed by atoms with Crippen molar-refractivity contribution in [2.45, 2.75) is 0 Å². The van der Waals surface area contributed by atoms with E-state index in [4.69, 9.17) is 61.2 Å². The van der Waals surface area contributed by atoms with Crippen molar-refractivity contribution >= 4 is 28.5 Å². The summed E-state index contributed by atoms with van der Waals surface area (Å²) in [5.41, 5.74) is 0. The van der Waals surface area contributed by atoms with Gasteiger partial charge in [0.05, 0.1) is 74.5 Å². The largest absolute Gasteiger partial charge is 0.573 e. The average molecular weight is 940 g/mol. The lowest BCUT2D eigenvalue weighted by Gasteiger charge is -1.76. The molecule has 0 saturated heterocycles. The van der Waals surface area contributed by atoms with E-state index in [1.54, 1.807) is 100 Å². The topological polar surface area (TPSA) is 400 Å². The number of rotatable bonds is 0. The third kappa shape index (κ3) is 59.7. The van der Waals surface area contributed by atoms with Gasteiger partial charge in [-0.2, -0.15) is 0 Å². The van der Waals surface area contributed by atoms with Crippen LogP contribution in [0.25, 0.3) is 0 Å². The number of aromatic nitrogens is 16. The molecule has 0 saturated carbocycles. The summed E-state index contributed by atoms with van der Waals surface area (Å²) in [6.07, 6.45) is 43.1. The van der Waals surface area contributed by atoms with Gasteiger partial charge < -0.3 is 76.7 Å². The lowest BCUT2D eigenvalue weighted by Crippen LogP contribution is -2.05. The summed E-state index contributed by atoms with van der Waals surface area (Å²) in [6, 6.07) is 0. The van der Waals surface area contributed by atoms with Gasteiger partial charge in [0.1, 0.15) is 0 Å². The number of hydrogen-bond acceptors (Lipinski definition) is 20. The number of nitrogens with zero attached hydrogens (tertiary/aromatic N) is 20. The van der Waals surface area contributed by atoms with Crippen LogP contribution in [0.1, 0.15) is 0 Å². The Hall–Kier alpha value is -8.42. The van der Waals surface area contributed by atoms with Gasteiger partial charge in [0.25, 0.3) is 0 Å². The van der Waals surface area contributed by atoms with Gasteiger partial charge in [-0.1, -0.05) is 0 Å². The maximum absolute atomic E-state index is 7.56. The van der Waals surface area contributed by atoms with E-state index in [1.165, 1.54) is 0 Å². The first-order valence-corrected chi connectivity index (χ1v) is 18.6. The summed E-state index contributed by atoms with van der Waals surface area (Å²) >= 11 is 0. The van der Waals surface area contributed by atoms with E-state index in [9.17, 15) is 0 Å². The van der Waals surface area contributed by atoms with Crippen LogP contribution in [0.4, 0.5) is 0 Å². The molecule has 0 aliphatic rings. The highest BCUT2D eigenvalue weighted by molar-refractivity contribution is 6.51. The second-order valence-corrected chi connectivity index (χ2v) is 11.8. The summed E-state index contributed by atoms with van der Waals surface area (Å²) in [6.45, 7) is 0. The van der Waals surface area contributed by atoms with Crippen molar-refractivity contribution in [1.29, 1.82) is 21.0 Å². The molecular formula is C36H56B4N20O8. The highest BCUT2D eigenvalue weighted by Crippen LogP contribution is 1.77. The van der Waals surface area contributed by atoms with Crippen molar-refractivity contribution in [2.75, 3.05) is 0 Å². The predicted molar refractivity (Wildman–Crippen MR) is 249 cm³/mol. The molecule has 32 heteroatoms. The van der Waals surface area contributed by atoms with Crippen LogP contribution in [-0.4, -0.2) is 145 Å². The first kappa shape index (κ1) is 66.2. The first-order chi connectivity index (χ1) is 32.2. The summed E-state index contributed by atoms with van der Waals surface area (Å²) < 4.78 is 15.1. The molecule has 0 aromatic carbocycles. The van der Waals surface area contributed by atoms with Gasteiger partial charge >= 0.3 is 28.5 Å². The molecule has 8 aromatic heterocycles. The molecule has 68 heavy (non-hydrogen) atoms. The third-order valence-corrected chi connectivity index (χ3v) is 5.56. The molecule has 28 nitrogen and oxygen atoms in total. The van der Waals surface area contributed by atoms with Gasteiger partial charge in [-0.25, -0.2) is 60.9 Å². The Morgan fingerprint density at radius 3 is 0.368 bits per heavy atom. The Labute approximate surface area is 395 Å². The quantitative estimate of drug-likeness (QED) is 0.0725. The molecule has 360 valence electrons. The van der Waals surface area contributed by atoms with Crippen LogP contribution in [-0.2, 0) is 56.4 Å². The maximum atomic E-state index is 7.56. The molecule has 0 unspecified atom stereocenters. The summed E-state index contributed by atoms with van der Waals surface area (Å²) in [5.74, 6) is 4.56. The fraction of sp³-hybridized carbons (Fsp3) is 0.222. The SMILES string of the molecule is Cn1ccnc1.Cn1ccnc1.Cn1ccnc1.Cn1ccnc1.Cn1ccnc1.Cn1ccnc1.Cn1ccnc1.Cn1ccnc1.N#CB(O)O.N#CB(O)O.N#CB(O)O.N#CB(O)O. The van der Waals surface area contributed by atoms with E-state index in [1.807, 2.05) is 142 Å². The maximum Gasteiger partial charge on any atom is 0.573 e. The Morgan fingerprint density at radius 2 is 0.353 bits per heavy atom. The van der Waals surface area contributed by atoms with Crippen molar-refractivity contribution < 1.29 is 40.2 Å². The number of nitriles is 4. The number of hydrogen-bond donors (Lipinski definition) is 8. The fourth-order valence-electron chi connectivity index (χ4n) is 2.61. The standard InChI is InChI=1S/8C4H6N2.4CH2BNO2/c8*1-6-3-2-5-4-6;4*3-1-2(4)5/h8*2-4H,1H3;4*4-5H. The van der Waals surface area contributed by atoms with Gasteiger partial charge in [0.15, 0.2) is 0 Å². The molecule has 0 fully saturated rings. The molecular weight excluding hydrogens is 884 g/mol. The van der Waals surface area contributed by atoms with Crippen molar-refractivity contribution in [2.24, 2.45) is 56.4 Å². The Kier molecular flexibility index (Phi) is 46.8. The molecule has 0 spiro atoms. The van der Waals surface area contributed by atoms with E-state index < -0.39 is 28.5 Å². The molecule has 0 bridgehead atoms. The van der Waals surface area contributed by atoms with Gasteiger partial charge in [0, 0.05) is 156 Å². The highest BCUT2D eigenvalue weighted by Gasteiger charge is 2.00. The minimum Gasteiger partial charge on any atom is -0.415 e. The monoisotopic (exact) mass is 940 g/mol. The average Bonchev–Trinajstić information content (AvgIpc) is 4.15. The van der Waals surface area contributed by atoms with E-state index in [0.29, 0.717) is 0 Å². The van der Waals surface area contributed by atoms with Crippen LogP contribution in [0.2, 0.25) is 0 Å². The molecule has 8 N–H and O–H groups in total. The van der Waals surface area contributed by atoms with Crippen LogP contribution >= 0.6 is 0 Å². The van der Waals surface area contributed by atoms with Crippen LogP contribution in [0.3, 0.4) is 0 Å². The van der Waals surface area contributed by atoms with E-state index >= 15 is 0 Å². The molecule has 8 rings (SSSR count). The lowest BCUT2D eigenvalue weighted by atomic mass is 9.97. The molecule has 0 aliphatic heterocycles. The molecule has 8 heterocycles. The number of aryl methyl sites for hydroxylation is 8. The van der Waals surface area contributed by atoms with Crippen molar-refractivity contribution in [3.8, 4) is 23.9 Å². The molecule has 0 amide bonds. The second-order valence-electron chi connectivity index (χ2n) is 11.8. The van der Waals surface area contributed by atoms with Crippen molar-refractivity contribution in [3.05, 3.63) is 150 Å². The Balaban J connectivity index is -0.000000329. The minimum absolute atomic E-state index is 1.14. The summed E-state index contributed by atoms with van der Waals surface area (Å²) in [5, 5.41) is 90.0. The Bertz CT molecular complexity index is 1830. The summed E-state index contributed by atoms with van der Waals surface area (Å²) in [4.78, 5) is 30.3. The molecule has 0 radical (unpaired) electrons. The zero-order chi connectivity index (χ0) is 52.4. The molecule has 0 aliphatic carbocycles. The minimum atomic E-state index is -1.81. The first-order valence-electron chi connectivity index (χ1n) is 18.6. The number of imidazole rings is 8. The van der Waals surface area contributed by atoms with Gasteiger partial charge in [-0.3, -0.25) is 0 Å². The second kappa shape index (κ2) is 48.0. The van der Waals surface area contributed by atoms with Gasteiger partial charge in [-0.15, -0.1) is 0 Å². The van der Waals surface area contributed by atoms with Crippen molar-refractivity contribution in [1.82, 2.24) is 76.4 Å². The fourth-order valence-corrected chi connectivity index (χ4v) is 2.61. The van der Waals surface area contributed by atoms with E-state index in [-0.39, 0.29) is 0 Å². The van der Waals surface area contributed by atoms with Gasteiger partial charge in [0.2, 0.25) is 0 Å². The van der Waals surface area contributed by atoms with Crippen LogP contribution in [0.5, 0.6) is 0 Å². The van der Waals surface area contributed by atoms with Crippen LogP contribution in [0.15, 0.2) is 150 Å². The lowest BCUT2D eigenvalue weighted by molar-refractivity contribution is 0.425.